The van der Waals surface area contributed by atoms with Crippen LogP contribution < -0.4 is 5.32 Å². The third-order valence-corrected chi connectivity index (χ3v) is 5.03. The summed E-state index contributed by atoms with van der Waals surface area (Å²) in [5.74, 6) is 0. The zero-order chi connectivity index (χ0) is 18.9. The molecule has 4 amide bonds. The fraction of sp³-hybridized carbons (Fsp3) is 0.333. The molecule has 1 saturated heterocycles. The molecule has 2 aromatic rings. The predicted molar refractivity (Wildman–Crippen MR) is 92.3 cm³/mol. The third kappa shape index (κ3) is 3.67. The van der Waals surface area contributed by atoms with Crippen molar-refractivity contribution in [1.82, 2.24) is 29.3 Å². The van der Waals surface area contributed by atoms with Crippen LogP contribution in [0.5, 0.6) is 0 Å². The van der Waals surface area contributed by atoms with E-state index in [-0.39, 0.29) is 19.6 Å². The maximum absolute atomic E-state index is 12.2. The van der Waals surface area contributed by atoms with E-state index in [0.29, 0.717) is 4.31 Å². The van der Waals surface area contributed by atoms with E-state index in [4.69, 9.17) is 0 Å². The number of aryl methyl sites for hydroxylation is 1. The number of hydrogen-bond donors (Lipinski definition) is 1. The molecule has 0 saturated carbocycles. The summed E-state index contributed by atoms with van der Waals surface area (Å²) < 4.78 is 25.3. The van der Waals surface area contributed by atoms with Crippen LogP contribution in [-0.4, -0.2) is 63.8 Å². The zero-order valence-corrected chi connectivity index (χ0v) is 15.1. The van der Waals surface area contributed by atoms with Crippen LogP contribution >= 0.6 is 0 Å². The number of carbonyl (C=O) groups excluding carboxylic acids is 2. The lowest BCUT2D eigenvalue weighted by Crippen LogP contribution is -2.43. The van der Waals surface area contributed by atoms with Gasteiger partial charge in [-0.25, -0.2) is 27.2 Å². The third-order valence-electron chi connectivity index (χ3n) is 3.89. The summed E-state index contributed by atoms with van der Waals surface area (Å²) in [6, 6.07) is 0.374. The molecule has 26 heavy (non-hydrogen) atoms. The first-order chi connectivity index (χ1) is 12.3. The fourth-order valence-electron chi connectivity index (χ4n) is 2.60. The first-order valence-corrected chi connectivity index (χ1v) is 9.60. The highest BCUT2D eigenvalue weighted by Gasteiger charge is 2.37. The number of hydrogen-bond acceptors (Lipinski definition) is 6. The highest BCUT2D eigenvalue weighted by molar-refractivity contribution is 7.88. The van der Waals surface area contributed by atoms with Gasteiger partial charge in [-0.15, -0.1) is 0 Å². The van der Waals surface area contributed by atoms with Gasteiger partial charge in [0, 0.05) is 43.3 Å². The Hall–Kier alpha value is -2.95. The largest absolute Gasteiger partial charge is 0.341 e. The van der Waals surface area contributed by atoms with Crippen LogP contribution in [0.3, 0.4) is 0 Å². The number of carbonyl (C=O) groups is 2. The molecule has 0 atom stereocenters. The van der Waals surface area contributed by atoms with Crippen molar-refractivity contribution >= 4 is 22.1 Å². The van der Waals surface area contributed by atoms with Crippen LogP contribution in [0, 0.1) is 0 Å². The number of pyridine rings is 1. The topological polar surface area (TPSA) is 117 Å². The monoisotopic (exact) mass is 378 g/mol. The van der Waals surface area contributed by atoms with Crippen molar-refractivity contribution in [2.75, 3.05) is 19.3 Å². The molecule has 10 nitrogen and oxygen atoms in total. The van der Waals surface area contributed by atoms with Gasteiger partial charge in [-0.2, -0.15) is 5.10 Å². The van der Waals surface area contributed by atoms with Gasteiger partial charge in [0.1, 0.15) is 0 Å². The lowest BCUT2D eigenvalue weighted by molar-refractivity contribution is 0.193. The van der Waals surface area contributed by atoms with Gasteiger partial charge < -0.3 is 5.32 Å². The number of amides is 4. The summed E-state index contributed by atoms with van der Waals surface area (Å²) in [6.45, 7) is 0.136. The number of sulfonamides is 1. The molecule has 1 aliphatic rings. The van der Waals surface area contributed by atoms with E-state index < -0.39 is 22.1 Å². The second kappa shape index (κ2) is 6.75. The number of urea groups is 2. The molecule has 3 rings (SSSR count). The van der Waals surface area contributed by atoms with Gasteiger partial charge in [0.05, 0.1) is 25.5 Å². The summed E-state index contributed by atoms with van der Waals surface area (Å²) in [7, 11) is -1.86. The normalized spacial score (nSPS) is 14.8. The Morgan fingerprint density at radius 1 is 1.23 bits per heavy atom. The molecule has 0 aliphatic carbocycles. The quantitative estimate of drug-likeness (QED) is 0.822. The SMILES string of the molecule is Cn1cc(-c2cncc(CNC(=O)N3CCN(S(C)(=O)=O)C3=O)c2)cn1. The Balaban J connectivity index is 1.64. The van der Waals surface area contributed by atoms with E-state index in [9.17, 15) is 18.0 Å². The molecule has 0 aromatic carbocycles. The molecule has 1 N–H and O–H groups in total. The molecular weight excluding hydrogens is 360 g/mol. The van der Waals surface area contributed by atoms with Gasteiger partial charge in [-0.1, -0.05) is 0 Å². The average Bonchev–Trinajstić information content (AvgIpc) is 3.18. The molecule has 138 valence electrons. The van der Waals surface area contributed by atoms with Crippen molar-refractivity contribution in [2.45, 2.75) is 6.54 Å². The van der Waals surface area contributed by atoms with Gasteiger partial charge in [-0.3, -0.25) is 9.67 Å². The van der Waals surface area contributed by atoms with Gasteiger partial charge in [0.2, 0.25) is 10.0 Å². The first kappa shape index (κ1) is 17.9. The number of nitrogens with one attached hydrogen (secondary N) is 1. The fourth-order valence-corrected chi connectivity index (χ4v) is 3.39. The Bertz CT molecular complexity index is 955. The Morgan fingerprint density at radius 3 is 2.62 bits per heavy atom. The molecular formula is C15H18N6O4S. The van der Waals surface area contributed by atoms with E-state index in [0.717, 1.165) is 27.8 Å². The van der Waals surface area contributed by atoms with Crippen LogP contribution in [0.15, 0.2) is 30.9 Å². The highest BCUT2D eigenvalue weighted by Crippen LogP contribution is 2.18. The summed E-state index contributed by atoms with van der Waals surface area (Å²) in [4.78, 5) is 29.3. The summed E-state index contributed by atoms with van der Waals surface area (Å²) in [5, 5.41) is 6.72. The van der Waals surface area contributed by atoms with Gasteiger partial charge in [0.15, 0.2) is 0 Å². The second-order valence-corrected chi connectivity index (χ2v) is 7.82. The first-order valence-electron chi connectivity index (χ1n) is 7.75. The van der Waals surface area contributed by atoms with Crippen LogP contribution in [0.2, 0.25) is 0 Å². The lowest BCUT2D eigenvalue weighted by atomic mass is 10.1. The average molecular weight is 378 g/mol. The molecule has 0 unspecified atom stereocenters. The van der Waals surface area contributed by atoms with E-state index >= 15 is 0 Å². The second-order valence-electron chi connectivity index (χ2n) is 5.91. The molecule has 0 spiro atoms. The van der Waals surface area contributed by atoms with Crippen LogP contribution in [0.25, 0.3) is 11.1 Å². The number of nitrogens with zero attached hydrogens (tertiary/aromatic N) is 5. The lowest BCUT2D eigenvalue weighted by Gasteiger charge is -2.16. The van der Waals surface area contributed by atoms with Crippen molar-refractivity contribution in [2.24, 2.45) is 7.05 Å². The summed E-state index contributed by atoms with van der Waals surface area (Å²) >= 11 is 0. The molecule has 3 heterocycles. The van der Waals surface area contributed by atoms with Crippen molar-refractivity contribution in [1.29, 1.82) is 0 Å². The Labute approximate surface area is 150 Å². The Morgan fingerprint density at radius 2 is 2.00 bits per heavy atom. The van der Waals surface area contributed by atoms with Crippen LogP contribution in [0.4, 0.5) is 9.59 Å². The van der Waals surface area contributed by atoms with Gasteiger partial charge in [0.25, 0.3) is 0 Å². The minimum atomic E-state index is -3.68. The minimum absolute atomic E-state index is 0.0196. The minimum Gasteiger partial charge on any atom is -0.333 e. The van der Waals surface area contributed by atoms with Crippen molar-refractivity contribution in [3.63, 3.8) is 0 Å². The smallest absolute Gasteiger partial charge is 0.333 e. The van der Waals surface area contributed by atoms with E-state index in [2.05, 4.69) is 15.4 Å². The molecule has 11 heteroatoms. The zero-order valence-electron chi connectivity index (χ0n) is 14.3. The van der Waals surface area contributed by atoms with Gasteiger partial charge >= 0.3 is 12.1 Å². The maximum Gasteiger partial charge on any atom is 0.341 e. The molecule has 0 radical (unpaired) electrons. The van der Waals surface area contributed by atoms with Crippen LogP contribution in [0.1, 0.15) is 5.56 Å². The molecule has 1 fully saturated rings. The Kier molecular flexibility index (Phi) is 4.64. The standard InChI is InChI=1S/C15H18N6O4S/c1-19-10-13(9-18-19)12-5-11(6-16-8-12)7-17-14(22)20-3-4-21(15(20)23)26(2,24)25/h5-6,8-10H,3-4,7H2,1-2H3,(H,17,22). The van der Waals surface area contributed by atoms with E-state index in [1.165, 1.54) is 0 Å². The number of rotatable bonds is 4. The van der Waals surface area contributed by atoms with Crippen molar-refractivity contribution in [3.8, 4) is 11.1 Å². The number of aromatic nitrogens is 3. The molecule has 2 aromatic heterocycles. The summed E-state index contributed by atoms with van der Waals surface area (Å²) in [6.07, 6.45) is 7.79. The van der Waals surface area contributed by atoms with Crippen molar-refractivity contribution in [3.05, 3.63) is 36.4 Å². The van der Waals surface area contributed by atoms with Gasteiger partial charge in [-0.05, 0) is 11.6 Å². The summed E-state index contributed by atoms with van der Waals surface area (Å²) in [5.41, 5.74) is 2.49. The van der Waals surface area contributed by atoms with Crippen LogP contribution in [-0.2, 0) is 23.6 Å². The number of imide groups is 1. The molecule has 0 bridgehead atoms. The predicted octanol–water partition coefficient (Wildman–Crippen LogP) is 0.389. The highest BCUT2D eigenvalue weighted by atomic mass is 32.2. The van der Waals surface area contributed by atoms with Crippen molar-refractivity contribution < 1.29 is 18.0 Å². The van der Waals surface area contributed by atoms with E-state index in [1.807, 2.05) is 19.3 Å². The molecule has 1 aliphatic heterocycles. The van der Waals surface area contributed by atoms with E-state index in [1.54, 1.807) is 23.3 Å². The maximum atomic E-state index is 12.2.